The highest BCUT2D eigenvalue weighted by molar-refractivity contribution is 5.54. The molecule has 2 N–H and O–H groups in total. The Morgan fingerprint density at radius 3 is 1.77 bits per heavy atom. The van der Waals surface area contributed by atoms with Gasteiger partial charge in [0.1, 0.15) is 0 Å². The minimum Gasteiger partial charge on any atom is -0.418 e. The molecule has 26 heavy (non-hydrogen) atoms. The van der Waals surface area contributed by atoms with Crippen molar-refractivity contribution < 1.29 is 4.42 Å². The molecule has 6 heteroatoms. The maximum Gasteiger partial charge on any atom is 0.286 e. The SMILES string of the molecule is CCCCCCCCCCCCCCCCCc1nn2nnc(N)c2o1. The largest absolute Gasteiger partial charge is 0.418 e. The lowest BCUT2D eigenvalue weighted by Crippen LogP contribution is -1.91. The second-order valence-corrected chi connectivity index (χ2v) is 7.46. The van der Waals surface area contributed by atoms with E-state index in [-0.39, 0.29) is 0 Å². The quantitative estimate of drug-likeness (QED) is 0.386. The first-order valence-electron chi connectivity index (χ1n) is 10.8. The number of nitrogens with two attached hydrogens (primary N) is 1. The molecule has 0 aliphatic rings. The Labute approximate surface area is 157 Å². The van der Waals surface area contributed by atoms with E-state index in [0.717, 1.165) is 12.8 Å². The fourth-order valence-corrected chi connectivity index (χ4v) is 3.42. The van der Waals surface area contributed by atoms with Crippen LogP contribution in [-0.4, -0.2) is 20.0 Å². The van der Waals surface area contributed by atoms with E-state index in [1.165, 1.54) is 94.5 Å². The first-order chi connectivity index (χ1) is 12.8. The summed E-state index contributed by atoms with van der Waals surface area (Å²) in [6.45, 7) is 2.28. The van der Waals surface area contributed by atoms with Crippen LogP contribution in [0.4, 0.5) is 5.82 Å². The molecule has 0 bridgehead atoms. The van der Waals surface area contributed by atoms with Crippen molar-refractivity contribution in [2.45, 2.75) is 110 Å². The van der Waals surface area contributed by atoms with Crippen LogP contribution >= 0.6 is 0 Å². The van der Waals surface area contributed by atoms with Crippen LogP contribution < -0.4 is 5.73 Å². The van der Waals surface area contributed by atoms with Crippen molar-refractivity contribution in [2.24, 2.45) is 0 Å². The summed E-state index contributed by atoms with van der Waals surface area (Å²) in [4.78, 5) is 0. The van der Waals surface area contributed by atoms with E-state index < -0.39 is 0 Å². The summed E-state index contributed by atoms with van der Waals surface area (Å²) >= 11 is 0. The van der Waals surface area contributed by atoms with Gasteiger partial charge in [0.15, 0.2) is 0 Å². The number of nitrogen functional groups attached to an aromatic ring is 1. The monoisotopic (exact) mass is 363 g/mol. The zero-order valence-corrected chi connectivity index (χ0v) is 16.6. The summed E-state index contributed by atoms with van der Waals surface area (Å²) in [7, 11) is 0. The maximum absolute atomic E-state index is 5.65. The molecule has 0 aromatic carbocycles. The van der Waals surface area contributed by atoms with Gasteiger partial charge in [-0.25, -0.2) is 0 Å². The highest BCUT2D eigenvalue weighted by Gasteiger charge is 2.10. The molecule has 2 heterocycles. The van der Waals surface area contributed by atoms with Crippen LogP contribution in [0.2, 0.25) is 0 Å². The number of aromatic nitrogens is 4. The fraction of sp³-hybridized carbons (Fsp3) is 0.850. The van der Waals surface area contributed by atoms with Gasteiger partial charge in [-0.1, -0.05) is 101 Å². The molecule has 148 valence electrons. The second-order valence-electron chi connectivity index (χ2n) is 7.46. The molecule has 2 aromatic heterocycles. The Hall–Kier alpha value is -1.59. The molecule has 0 unspecified atom stereocenters. The van der Waals surface area contributed by atoms with Crippen LogP contribution in [0.15, 0.2) is 4.42 Å². The number of nitrogens with zero attached hydrogens (tertiary/aromatic N) is 4. The normalized spacial score (nSPS) is 11.6. The van der Waals surface area contributed by atoms with Crippen LogP contribution in [0.5, 0.6) is 0 Å². The van der Waals surface area contributed by atoms with Crippen LogP contribution in [0.3, 0.4) is 0 Å². The Balaban J connectivity index is 1.34. The molecule has 0 aliphatic heterocycles. The van der Waals surface area contributed by atoms with Crippen LogP contribution in [0.1, 0.15) is 109 Å². The van der Waals surface area contributed by atoms with Crippen LogP contribution in [0.25, 0.3) is 5.71 Å². The summed E-state index contributed by atoms with van der Waals surface area (Å²) in [5.74, 6) is 1.01. The first-order valence-corrected chi connectivity index (χ1v) is 10.8. The predicted octanol–water partition coefficient (Wildman–Crippen LogP) is 5.71. The van der Waals surface area contributed by atoms with Crippen molar-refractivity contribution in [2.75, 3.05) is 5.73 Å². The van der Waals surface area contributed by atoms with E-state index in [4.69, 9.17) is 10.2 Å². The standard InChI is InChI=1S/C20H37N5O/c1-2-3-4-5-6-7-8-9-10-11-12-13-14-15-16-17-18-23-25-20(26-18)19(21)22-24-25/h2-17,21H2,1H3. The van der Waals surface area contributed by atoms with Gasteiger partial charge < -0.3 is 10.2 Å². The van der Waals surface area contributed by atoms with E-state index in [2.05, 4.69) is 22.3 Å². The van der Waals surface area contributed by atoms with Crippen molar-refractivity contribution >= 4 is 11.5 Å². The molecule has 0 spiro atoms. The fourth-order valence-electron chi connectivity index (χ4n) is 3.42. The molecule has 6 nitrogen and oxygen atoms in total. The average molecular weight is 364 g/mol. The number of aryl methyl sites for hydroxylation is 1. The summed E-state index contributed by atoms with van der Waals surface area (Å²) in [5.41, 5.74) is 6.11. The molecule has 0 radical (unpaired) electrons. The van der Waals surface area contributed by atoms with E-state index in [0.29, 0.717) is 17.4 Å². The molecule has 0 aliphatic carbocycles. The smallest absolute Gasteiger partial charge is 0.286 e. The summed E-state index contributed by atoms with van der Waals surface area (Å²) in [6.07, 6.45) is 21.4. The summed E-state index contributed by atoms with van der Waals surface area (Å²) in [5, 5.41) is 11.7. The molecule has 0 amide bonds. The van der Waals surface area contributed by atoms with E-state index >= 15 is 0 Å². The van der Waals surface area contributed by atoms with Gasteiger partial charge in [-0.3, -0.25) is 0 Å². The molecular weight excluding hydrogens is 326 g/mol. The highest BCUT2D eigenvalue weighted by atomic mass is 16.4. The number of fused-ring (bicyclic) bond motifs is 1. The lowest BCUT2D eigenvalue weighted by molar-refractivity contribution is 0.499. The number of hydrogen-bond donors (Lipinski definition) is 1. The Bertz CT molecular complexity index is 592. The van der Waals surface area contributed by atoms with Gasteiger partial charge in [0.25, 0.3) is 5.71 Å². The van der Waals surface area contributed by atoms with Gasteiger partial charge in [0.05, 0.1) is 0 Å². The Morgan fingerprint density at radius 2 is 1.27 bits per heavy atom. The lowest BCUT2D eigenvalue weighted by atomic mass is 10.0. The maximum atomic E-state index is 5.65. The van der Waals surface area contributed by atoms with Gasteiger partial charge in [0, 0.05) is 6.42 Å². The zero-order chi connectivity index (χ0) is 18.5. The number of rotatable bonds is 16. The van der Waals surface area contributed by atoms with E-state index in [1.807, 2.05) is 0 Å². The van der Waals surface area contributed by atoms with Crippen LogP contribution in [0, 0.1) is 0 Å². The lowest BCUT2D eigenvalue weighted by Gasteiger charge is -2.03. The topological polar surface area (TPSA) is 82.2 Å². The number of unbranched alkanes of at least 4 members (excludes halogenated alkanes) is 14. The van der Waals surface area contributed by atoms with Crippen molar-refractivity contribution in [3.63, 3.8) is 0 Å². The average Bonchev–Trinajstić information content (AvgIpc) is 3.20. The highest BCUT2D eigenvalue weighted by Crippen LogP contribution is 2.15. The Kier molecular flexibility index (Phi) is 10.1. The molecule has 0 saturated carbocycles. The predicted molar refractivity (Wildman–Crippen MR) is 106 cm³/mol. The van der Waals surface area contributed by atoms with Crippen molar-refractivity contribution in [3.05, 3.63) is 5.89 Å². The van der Waals surface area contributed by atoms with Gasteiger partial charge in [-0.05, 0) is 11.6 Å². The molecule has 0 saturated heterocycles. The Morgan fingerprint density at radius 1 is 0.769 bits per heavy atom. The van der Waals surface area contributed by atoms with Crippen molar-refractivity contribution in [1.29, 1.82) is 0 Å². The van der Waals surface area contributed by atoms with Gasteiger partial charge >= 0.3 is 0 Å². The number of anilines is 1. The first kappa shape index (κ1) is 20.7. The molecule has 0 atom stereocenters. The zero-order valence-electron chi connectivity index (χ0n) is 16.6. The molecular formula is C20H37N5O. The third-order valence-electron chi connectivity index (χ3n) is 5.05. The second kappa shape index (κ2) is 12.7. The van der Waals surface area contributed by atoms with Gasteiger partial charge in [0.2, 0.25) is 11.7 Å². The van der Waals surface area contributed by atoms with E-state index in [1.54, 1.807) is 0 Å². The van der Waals surface area contributed by atoms with Crippen LogP contribution in [-0.2, 0) is 6.42 Å². The summed E-state index contributed by atoms with van der Waals surface area (Å²) in [6, 6.07) is 0. The molecule has 0 fully saturated rings. The minimum atomic E-state index is 0.306. The molecule has 2 aromatic rings. The third kappa shape index (κ3) is 7.75. The summed E-state index contributed by atoms with van der Waals surface area (Å²) < 4.78 is 6.93. The van der Waals surface area contributed by atoms with Gasteiger partial charge in [-0.15, -0.1) is 10.2 Å². The third-order valence-corrected chi connectivity index (χ3v) is 5.05. The number of hydrogen-bond acceptors (Lipinski definition) is 5. The van der Waals surface area contributed by atoms with Crippen molar-refractivity contribution in [1.82, 2.24) is 20.0 Å². The minimum absolute atomic E-state index is 0.306. The van der Waals surface area contributed by atoms with Crippen molar-refractivity contribution in [3.8, 4) is 0 Å². The van der Waals surface area contributed by atoms with E-state index in [9.17, 15) is 0 Å². The van der Waals surface area contributed by atoms with Gasteiger partial charge in [-0.2, -0.15) is 0 Å². The molecule has 2 rings (SSSR count).